The van der Waals surface area contributed by atoms with Crippen molar-refractivity contribution >= 4 is 29.9 Å². The minimum absolute atomic E-state index is 0. The van der Waals surface area contributed by atoms with Crippen LogP contribution >= 0.6 is 24.0 Å². The largest absolute Gasteiger partial charge is 0.364 e. The Morgan fingerprint density at radius 3 is 2.66 bits per heavy atom. The molecular weight excluding hydrogens is 481 g/mol. The molecule has 0 radical (unpaired) electrons. The smallest absolute Gasteiger partial charge is 0.194 e. The third-order valence-corrected chi connectivity index (χ3v) is 5.64. The first-order chi connectivity index (χ1) is 13.8. The summed E-state index contributed by atoms with van der Waals surface area (Å²) >= 11 is 0. The second-order valence-electron chi connectivity index (χ2n) is 7.65. The zero-order chi connectivity index (χ0) is 19.2. The van der Waals surface area contributed by atoms with Gasteiger partial charge >= 0.3 is 0 Å². The van der Waals surface area contributed by atoms with E-state index in [9.17, 15) is 0 Å². The van der Waals surface area contributed by atoms with Gasteiger partial charge in [-0.15, -0.1) is 24.0 Å². The summed E-state index contributed by atoms with van der Waals surface area (Å²) in [4.78, 5) is 9.61. The second-order valence-corrected chi connectivity index (χ2v) is 7.65. The lowest BCUT2D eigenvalue weighted by molar-refractivity contribution is 0.169. The van der Waals surface area contributed by atoms with E-state index in [1.54, 1.807) is 6.26 Å². The van der Waals surface area contributed by atoms with Crippen LogP contribution in [0.15, 0.2) is 34.1 Å². The number of hydrogen-bond donors (Lipinski definition) is 1. The lowest BCUT2D eigenvalue weighted by Crippen LogP contribution is -2.52. The van der Waals surface area contributed by atoms with Crippen LogP contribution in [0.1, 0.15) is 50.0 Å². The molecule has 0 atom stereocenters. The van der Waals surface area contributed by atoms with Crippen molar-refractivity contribution in [3.05, 3.63) is 36.0 Å². The average molecular weight is 513 g/mol. The first-order valence-corrected chi connectivity index (χ1v) is 10.5. The van der Waals surface area contributed by atoms with E-state index in [0.29, 0.717) is 12.6 Å². The summed E-state index contributed by atoms with van der Waals surface area (Å²) in [6.07, 6.45) is 8.92. The molecule has 2 aliphatic rings. The average Bonchev–Trinajstić information content (AvgIpc) is 3.48. The van der Waals surface area contributed by atoms with E-state index >= 15 is 0 Å². The fourth-order valence-electron chi connectivity index (χ4n) is 4.08. The standard InChI is InChI=1S/C20H31N7O.HI/c1-2-21-20(22-15-17-7-9-27(23-17)19-5-3-4-6-19)26-12-10-25(11-13-26)16-18-8-14-28-24-18;/h7-9,14,19H,2-6,10-13,15-16H2,1H3,(H,21,22);1H. The molecule has 1 saturated heterocycles. The molecule has 0 spiro atoms. The number of rotatable bonds is 6. The predicted octanol–water partition coefficient (Wildman–Crippen LogP) is 2.89. The van der Waals surface area contributed by atoms with Crippen LogP contribution in [0, 0.1) is 0 Å². The van der Waals surface area contributed by atoms with Gasteiger partial charge in [-0.25, -0.2) is 4.99 Å². The Bertz CT molecular complexity index is 747. The van der Waals surface area contributed by atoms with Crippen molar-refractivity contribution in [3.8, 4) is 0 Å². The Morgan fingerprint density at radius 1 is 1.17 bits per heavy atom. The molecule has 0 amide bonds. The fraction of sp³-hybridized carbons (Fsp3) is 0.650. The van der Waals surface area contributed by atoms with E-state index in [1.807, 2.05) is 6.07 Å². The topological polar surface area (TPSA) is 74.7 Å². The molecule has 0 unspecified atom stereocenters. The Labute approximate surface area is 189 Å². The van der Waals surface area contributed by atoms with Crippen molar-refractivity contribution in [2.75, 3.05) is 32.7 Å². The summed E-state index contributed by atoms with van der Waals surface area (Å²) in [6, 6.07) is 4.63. The van der Waals surface area contributed by atoms with Crippen molar-refractivity contribution < 1.29 is 4.52 Å². The molecule has 1 aliphatic heterocycles. The van der Waals surface area contributed by atoms with Gasteiger partial charge < -0.3 is 14.7 Å². The van der Waals surface area contributed by atoms with Gasteiger partial charge in [-0.2, -0.15) is 5.10 Å². The zero-order valence-corrected chi connectivity index (χ0v) is 19.5. The lowest BCUT2D eigenvalue weighted by Gasteiger charge is -2.36. The number of nitrogens with zero attached hydrogens (tertiary/aromatic N) is 6. The summed E-state index contributed by atoms with van der Waals surface area (Å²) in [7, 11) is 0. The van der Waals surface area contributed by atoms with Crippen molar-refractivity contribution in [2.45, 2.75) is 51.7 Å². The summed E-state index contributed by atoms with van der Waals surface area (Å²) in [5.74, 6) is 0.985. The van der Waals surface area contributed by atoms with E-state index < -0.39 is 0 Å². The molecule has 160 valence electrons. The van der Waals surface area contributed by atoms with Gasteiger partial charge in [-0.1, -0.05) is 18.0 Å². The summed E-state index contributed by atoms with van der Waals surface area (Å²) in [6.45, 7) is 8.36. The van der Waals surface area contributed by atoms with Crippen molar-refractivity contribution in [2.24, 2.45) is 4.99 Å². The van der Waals surface area contributed by atoms with Crippen LogP contribution in [0.25, 0.3) is 0 Å². The van der Waals surface area contributed by atoms with Crippen LogP contribution in [0.2, 0.25) is 0 Å². The number of hydrogen-bond acceptors (Lipinski definition) is 5. The van der Waals surface area contributed by atoms with E-state index in [-0.39, 0.29) is 24.0 Å². The SMILES string of the molecule is CCNC(=NCc1ccn(C2CCCC2)n1)N1CCN(Cc2ccon2)CC1.I. The van der Waals surface area contributed by atoms with Gasteiger partial charge in [0.25, 0.3) is 0 Å². The first kappa shape index (κ1) is 22.1. The molecule has 8 nitrogen and oxygen atoms in total. The monoisotopic (exact) mass is 513 g/mol. The normalized spacial score (nSPS) is 18.8. The predicted molar refractivity (Wildman–Crippen MR) is 123 cm³/mol. The van der Waals surface area contributed by atoms with Gasteiger partial charge in [-0.05, 0) is 25.8 Å². The summed E-state index contributed by atoms with van der Waals surface area (Å²) in [5, 5.41) is 12.2. The molecule has 2 aromatic rings. The van der Waals surface area contributed by atoms with Crippen LogP contribution < -0.4 is 5.32 Å². The molecular formula is C20H32IN7O. The molecule has 1 N–H and O–H groups in total. The molecule has 2 aromatic heterocycles. The van der Waals surface area contributed by atoms with E-state index in [1.165, 1.54) is 25.7 Å². The van der Waals surface area contributed by atoms with E-state index in [2.05, 4.69) is 44.1 Å². The number of nitrogens with one attached hydrogen (secondary N) is 1. The Balaban J connectivity index is 0.00000240. The maximum atomic E-state index is 4.93. The molecule has 29 heavy (non-hydrogen) atoms. The van der Waals surface area contributed by atoms with Crippen molar-refractivity contribution in [1.82, 2.24) is 30.1 Å². The minimum Gasteiger partial charge on any atom is -0.364 e. The van der Waals surface area contributed by atoms with Gasteiger partial charge in [0.05, 0.1) is 24.0 Å². The van der Waals surface area contributed by atoms with E-state index in [4.69, 9.17) is 14.6 Å². The number of guanidine groups is 1. The number of aliphatic imine (C=N–C) groups is 1. The quantitative estimate of drug-likeness (QED) is 0.364. The molecule has 0 bridgehead atoms. The molecule has 4 rings (SSSR count). The Morgan fingerprint density at radius 2 is 1.97 bits per heavy atom. The number of piperazine rings is 1. The summed E-state index contributed by atoms with van der Waals surface area (Å²) < 4.78 is 7.08. The fourth-order valence-corrected chi connectivity index (χ4v) is 4.08. The first-order valence-electron chi connectivity index (χ1n) is 10.5. The summed E-state index contributed by atoms with van der Waals surface area (Å²) in [5.41, 5.74) is 2.04. The maximum absolute atomic E-state index is 4.93. The minimum atomic E-state index is 0. The third kappa shape index (κ3) is 5.94. The van der Waals surface area contributed by atoms with Crippen LogP contribution in [0.5, 0.6) is 0 Å². The molecule has 3 heterocycles. The molecule has 1 aliphatic carbocycles. The van der Waals surface area contributed by atoms with Gasteiger partial charge in [0.1, 0.15) is 6.26 Å². The van der Waals surface area contributed by atoms with Gasteiger partial charge in [0, 0.05) is 51.5 Å². The van der Waals surface area contributed by atoms with Gasteiger partial charge in [0.2, 0.25) is 0 Å². The maximum Gasteiger partial charge on any atom is 0.194 e. The van der Waals surface area contributed by atoms with Crippen LogP contribution in [-0.4, -0.2) is 63.4 Å². The molecule has 2 fully saturated rings. The lowest BCUT2D eigenvalue weighted by atomic mass is 10.3. The zero-order valence-electron chi connectivity index (χ0n) is 17.2. The van der Waals surface area contributed by atoms with Crippen LogP contribution in [0.4, 0.5) is 0 Å². The Hall–Kier alpha value is -1.62. The highest BCUT2D eigenvalue weighted by molar-refractivity contribution is 14.0. The Kier molecular flexibility index (Phi) is 8.34. The van der Waals surface area contributed by atoms with Gasteiger partial charge in [0.15, 0.2) is 5.96 Å². The van der Waals surface area contributed by atoms with Crippen LogP contribution in [0.3, 0.4) is 0 Å². The molecule has 9 heteroatoms. The highest BCUT2D eigenvalue weighted by Gasteiger charge is 2.21. The van der Waals surface area contributed by atoms with Gasteiger partial charge in [-0.3, -0.25) is 9.58 Å². The molecule has 1 saturated carbocycles. The second kappa shape index (κ2) is 11.0. The van der Waals surface area contributed by atoms with Crippen molar-refractivity contribution in [1.29, 1.82) is 0 Å². The highest BCUT2D eigenvalue weighted by atomic mass is 127. The number of aromatic nitrogens is 3. The molecule has 0 aromatic carbocycles. The highest BCUT2D eigenvalue weighted by Crippen LogP contribution is 2.28. The third-order valence-electron chi connectivity index (χ3n) is 5.64. The van der Waals surface area contributed by atoms with Crippen LogP contribution in [-0.2, 0) is 13.1 Å². The number of halogens is 1. The van der Waals surface area contributed by atoms with E-state index in [0.717, 1.165) is 56.6 Å². The van der Waals surface area contributed by atoms with Crippen molar-refractivity contribution in [3.63, 3.8) is 0 Å².